The van der Waals surface area contributed by atoms with Crippen LogP contribution in [0.4, 0.5) is 0 Å². The van der Waals surface area contributed by atoms with Gasteiger partial charge >= 0.3 is 0 Å². The minimum absolute atomic E-state index is 0.0804. The lowest BCUT2D eigenvalue weighted by Crippen LogP contribution is -2.51. The summed E-state index contributed by atoms with van der Waals surface area (Å²) in [5.74, 6) is 0.809. The standard InChI is InChI=1S/C21H27N3O2/c1-2-6-20-19(13-22-26-20)21(25)24-11-5-9-18(15-24)23-12-10-16-7-3-4-8-17(16)14-23/h3-4,7-8,13,18H,2,5-6,9-12,14-15H2,1H3/t18-/m1/s1. The van der Waals surface area contributed by atoms with E-state index >= 15 is 0 Å². The van der Waals surface area contributed by atoms with Crippen molar-refractivity contribution in [3.05, 3.63) is 52.9 Å². The summed E-state index contributed by atoms with van der Waals surface area (Å²) in [6.07, 6.45) is 6.63. The Hall–Kier alpha value is -2.14. The van der Waals surface area contributed by atoms with Gasteiger partial charge in [0.1, 0.15) is 11.3 Å². The fraction of sp³-hybridized carbons (Fsp3) is 0.524. The third-order valence-electron chi connectivity index (χ3n) is 5.71. The second-order valence-corrected chi connectivity index (χ2v) is 7.45. The van der Waals surface area contributed by atoms with Crippen molar-refractivity contribution in [2.24, 2.45) is 0 Å². The first-order valence-corrected chi connectivity index (χ1v) is 9.80. The number of amides is 1. The summed E-state index contributed by atoms with van der Waals surface area (Å²) >= 11 is 0. The summed E-state index contributed by atoms with van der Waals surface area (Å²) < 4.78 is 5.29. The minimum Gasteiger partial charge on any atom is -0.361 e. The van der Waals surface area contributed by atoms with Gasteiger partial charge in [0.05, 0.1) is 6.20 Å². The first kappa shape index (κ1) is 17.3. The number of fused-ring (bicyclic) bond motifs is 1. The summed E-state index contributed by atoms with van der Waals surface area (Å²) in [5.41, 5.74) is 3.56. The van der Waals surface area contributed by atoms with Gasteiger partial charge in [0.2, 0.25) is 0 Å². The van der Waals surface area contributed by atoms with Crippen molar-refractivity contribution in [1.29, 1.82) is 0 Å². The van der Waals surface area contributed by atoms with Crippen LogP contribution in [0.25, 0.3) is 0 Å². The van der Waals surface area contributed by atoms with Crippen LogP contribution in [0.3, 0.4) is 0 Å². The lowest BCUT2D eigenvalue weighted by atomic mass is 9.95. The van der Waals surface area contributed by atoms with Crippen molar-refractivity contribution >= 4 is 5.91 Å². The van der Waals surface area contributed by atoms with E-state index in [1.54, 1.807) is 6.20 Å². The van der Waals surface area contributed by atoms with Gasteiger partial charge in [-0.3, -0.25) is 9.69 Å². The molecule has 5 nitrogen and oxygen atoms in total. The van der Waals surface area contributed by atoms with Gasteiger partial charge in [-0.25, -0.2) is 0 Å². The molecule has 0 spiro atoms. The average molecular weight is 353 g/mol. The number of hydrogen-bond acceptors (Lipinski definition) is 4. The number of rotatable bonds is 4. The van der Waals surface area contributed by atoms with Gasteiger partial charge in [-0.1, -0.05) is 36.3 Å². The third-order valence-corrected chi connectivity index (χ3v) is 5.71. The highest BCUT2D eigenvalue weighted by molar-refractivity contribution is 5.95. The van der Waals surface area contributed by atoms with Crippen LogP contribution in [0, 0.1) is 0 Å². The SMILES string of the molecule is CCCc1oncc1C(=O)N1CCC[C@@H](N2CCc3ccccc3C2)C1. The van der Waals surface area contributed by atoms with Crippen LogP contribution >= 0.6 is 0 Å². The van der Waals surface area contributed by atoms with Crippen molar-refractivity contribution in [1.82, 2.24) is 15.0 Å². The smallest absolute Gasteiger partial charge is 0.259 e. The molecule has 5 heteroatoms. The molecule has 2 aliphatic heterocycles. The number of aryl methyl sites for hydroxylation is 1. The molecule has 1 fully saturated rings. The van der Waals surface area contributed by atoms with Crippen LogP contribution in [0.15, 0.2) is 35.0 Å². The number of carbonyl (C=O) groups excluding carboxylic acids is 1. The summed E-state index contributed by atoms with van der Waals surface area (Å²) in [6.45, 7) is 5.80. The molecule has 1 saturated heterocycles. The molecule has 26 heavy (non-hydrogen) atoms. The van der Waals surface area contributed by atoms with Crippen LogP contribution in [-0.4, -0.2) is 46.5 Å². The second-order valence-electron chi connectivity index (χ2n) is 7.45. The van der Waals surface area contributed by atoms with E-state index in [1.807, 2.05) is 4.90 Å². The average Bonchev–Trinajstić information content (AvgIpc) is 3.16. The van der Waals surface area contributed by atoms with Crippen molar-refractivity contribution in [3.63, 3.8) is 0 Å². The third kappa shape index (κ3) is 3.40. The van der Waals surface area contributed by atoms with Gasteiger partial charge in [-0.15, -0.1) is 0 Å². The molecule has 0 unspecified atom stereocenters. The Kier molecular flexibility index (Phi) is 5.07. The van der Waals surface area contributed by atoms with Gasteiger partial charge in [0, 0.05) is 38.6 Å². The molecule has 3 heterocycles. The Balaban J connectivity index is 1.45. The number of piperidine rings is 1. The number of aromatic nitrogens is 1. The van der Waals surface area contributed by atoms with Crippen molar-refractivity contribution in [3.8, 4) is 0 Å². The fourth-order valence-electron chi connectivity index (χ4n) is 4.28. The van der Waals surface area contributed by atoms with Crippen LogP contribution < -0.4 is 0 Å². The predicted molar refractivity (Wildman–Crippen MR) is 100.0 cm³/mol. The van der Waals surface area contributed by atoms with E-state index in [0.717, 1.165) is 64.0 Å². The first-order valence-electron chi connectivity index (χ1n) is 9.80. The molecule has 0 aliphatic carbocycles. The van der Waals surface area contributed by atoms with Crippen LogP contribution in [0.2, 0.25) is 0 Å². The van der Waals surface area contributed by atoms with Crippen molar-refractivity contribution in [2.45, 2.75) is 51.6 Å². The molecule has 2 aromatic rings. The van der Waals surface area contributed by atoms with E-state index in [1.165, 1.54) is 11.1 Å². The van der Waals surface area contributed by atoms with Crippen molar-refractivity contribution < 1.29 is 9.32 Å². The Bertz CT molecular complexity index is 770. The highest BCUT2D eigenvalue weighted by atomic mass is 16.5. The number of carbonyl (C=O) groups is 1. The first-order chi connectivity index (χ1) is 12.8. The Morgan fingerprint density at radius 1 is 1.27 bits per heavy atom. The molecule has 0 bridgehead atoms. The maximum Gasteiger partial charge on any atom is 0.259 e. The Morgan fingerprint density at radius 3 is 2.96 bits per heavy atom. The van der Waals surface area contributed by atoms with Crippen LogP contribution in [0.1, 0.15) is 53.4 Å². The summed E-state index contributed by atoms with van der Waals surface area (Å²) in [4.78, 5) is 17.5. The maximum absolute atomic E-state index is 13.0. The van der Waals surface area contributed by atoms with Gasteiger partial charge in [0.15, 0.2) is 0 Å². The van der Waals surface area contributed by atoms with Gasteiger partial charge in [-0.05, 0) is 36.8 Å². The molecule has 1 amide bonds. The molecule has 4 rings (SSSR count). The van der Waals surface area contributed by atoms with E-state index in [4.69, 9.17) is 4.52 Å². The largest absolute Gasteiger partial charge is 0.361 e. The van der Waals surface area contributed by atoms with E-state index < -0.39 is 0 Å². The zero-order valence-electron chi connectivity index (χ0n) is 15.5. The zero-order chi connectivity index (χ0) is 17.9. The van der Waals surface area contributed by atoms with Gasteiger partial charge in [-0.2, -0.15) is 0 Å². The molecular formula is C21H27N3O2. The molecular weight excluding hydrogens is 326 g/mol. The quantitative estimate of drug-likeness (QED) is 0.846. The normalized spacial score (nSPS) is 20.8. The minimum atomic E-state index is 0.0804. The van der Waals surface area contributed by atoms with Crippen LogP contribution in [0.5, 0.6) is 0 Å². The van der Waals surface area contributed by atoms with Crippen molar-refractivity contribution in [2.75, 3.05) is 19.6 Å². The van der Waals surface area contributed by atoms with E-state index in [-0.39, 0.29) is 5.91 Å². The molecule has 1 aromatic carbocycles. The summed E-state index contributed by atoms with van der Waals surface area (Å²) in [6, 6.07) is 9.17. The number of likely N-dealkylation sites (tertiary alicyclic amines) is 1. The maximum atomic E-state index is 13.0. The van der Waals surface area contributed by atoms with E-state index in [2.05, 4.69) is 41.2 Å². The van der Waals surface area contributed by atoms with E-state index in [0.29, 0.717) is 11.6 Å². The topological polar surface area (TPSA) is 49.6 Å². The lowest BCUT2D eigenvalue weighted by molar-refractivity contribution is 0.0547. The fourth-order valence-corrected chi connectivity index (χ4v) is 4.28. The van der Waals surface area contributed by atoms with E-state index in [9.17, 15) is 4.79 Å². The Labute approximate surface area is 155 Å². The lowest BCUT2D eigenvalue weighted by Gasteiger charge is -2.41. The number of hydrogen-bond donors (Lipinski definition) is 0. The number of benzene rings is 1. The Morgan fingerprint density at radius 2 is 2.12 bits per heavy atom. The van der Waals surface area contributed by atoms with Gasteiger partial charge in [0.25, 0.3) is 5.91 Å². The summed E-state index contributed by atoms with van der Waals surface area (Å²) in [7, 11) is 0. The zero-order valence-corrected chi connectivity index (χ0v) is 15.5. The molecule has 138 valence electrons. The van der Waals surface area contributed by atoms with Crippen LogP contribution in [-0.2, 0) is 19.4 Å². The van der Waals surface area contributed by atoms with Gasteiger partial charge < -0.3 is 9.42 Å². The second kappa shape index (κ2) is 7.62. The molecule has 2 aliphatic rings. The highest BCUT2D eigenvalue weighted by Crippen LogP contribution is 2.25. The molecule has 0 N–H and O–H groups in total. The number of nitrogens with zero attached hydrogens (tertiary/aromatic N) is 3. The molecule has 1 atom stereocenters. The predicted octanol–water partition coefficient (Wildman–Crippen LogP) is 3.29. The molecule has 1 aromatic heterocycles. The monoisotopic (exact) mass is 353 g/mol. The molecule has 0 saturated carbocycles. The molecule has 0 radical (unpaired) electrons. The highest BCUT2D eigenvalue weighted by Gasteiger charge is 2.31. The summed E-state index contributed by atoms with van der Waals surface area (Å²) in [5, 5.41) is 3.86.